The number of phosphoric ester groups is 1. The zero-order chi connectivity index (χ0) is 42.2. The van der Waals surface area contributed by atoms with Gasteiger partial charge in [-0.15, -0.1) is 0 Å². The van der Waals surface area contributed by atoms with Crippen molar-refractivity contribution in [2.45, 2.75) is 135 Å². The van der Waals surface area contributed by atoms with E-state index in [1.54, 1.807) is 42.5 Å². The highest BCUT2D eigenvalue weighted by atomic mass is 31.2. The van der Waals surface area contributed by atoms with Gasteiger partial charge in [-0.3, -0.25) is 14.1 Å². The maximum Gasteiger partial charge on any atom is 0.469 e. The molecule has 12 heteroatoms. The fraction of sp³-hybridized carbons (Fsp3) is 0.511. The number of aliphatic hydroxyl groups is 3. The third-order valence-corrected chi connectivity index (χ3v) is 8.31. The zero-order valence-corrected chi connectivity index (χ0v) is 34.9. The topological polar surface area (TPSA) is 180 Å². The van der Waals surface area contributed by atoms with Crippen molar-refractivity contribution in [1.82, 2.24) is 0 Å². The SMILES string of the molecule is CC/C=C\C[C@@H](O)/C=C/C=C/C=C\C=C/[C@H](O)[C@@H](O)CCCC(=O)OC[C@H](COP(=O)(O)O)OC(=O)CC/C=C\C/C=C\C/C=C\C/C=C\C/C=C\CCCCC. The van der Waals surface area contributed by atoms with Gasteiger partial charge in [-0.2, -0.15) is 0 Å². The van der Waals surface area contributed by atoms with Crippen molar-refractivity contribution < 1.29 is 53.3 Å². The molecule has 0 aromatic carbocycles. The third-order valence-electron chi connectivity index (χ3n) is 7.82. The summed E-state index contributed by atoms with van der Waals surface area (Å²) in [4.78, 5) is 42.8. The molecule has 0 saturated heterocycles. The Morgan fingerprint density at radius 3 is 1.75 bits per heavy atom. The fourth-order valence-electron chi connectivity index (χ4n) is 4.69. The molecule has 0 aromatic rings. The van der Waals surface area contributed by atoms with E-state index >= 15 is 0 Å². The normalized spacial score (nSPS) is 15.4. The molecule has 0 aliphatic heterocycles. The van der Waals surface area contributed by atoms with Crippen LogP contribution >= 0.6 is 7.82 Å². The number of allylic oxidation sites excluding steroid dienone is 17. The summed E-state index contributed by atoms with van der Waals surface area (Å²) in [6.45, 7) is 3.08. The Balaban J connectivity index is 4.43. The van der Waals surface area contributed by atoms with Crippen molar-refractivity contribution in [1.29, 1.82) is 0 Å². The van der Waals surface area contributed by atoms with Gasteiger partial charge in [-0.1, -0.05) is 148 Å². The highest BCUT2D eigenvalue weighted by molar-refractivity contribution is 7.46. The van der Waals surface area contributed by atoms with E-state index in [4.69, 9.17) is 19.3 Å². The van der Waals surface area contributed by atoms with E-state index in [0.29, 0.717) is 19.3 Å². The second-order valence-corrected chi connectivity index (χ2v) is 14.3. The van der Waals surface area contributed by atoms with Crippen LogP contribution in [0.25, 0.3) is 0 Å². The standard InChI is InChI=1S/C45H69O11P/c1-3-5-7-8-9-10-11-12-13-14-15-16-17-18-19-20-21-26-30-36-45(50)56-41(39-55-57(51,52)53)38-54-44(49)37-31-35-43(48)42(47)34-29-25-23-22-24-28-33-40(46)32-27-6-4-2/h6,9-10,12-13,15-16,18-19,21-29,33-34,40-43,46-48H,3-5,7-8,11,14,17,20,30-32,35-39H2,1-2H3,(H2,51,52,53)/b10-9-,13-12-,16-15-,19-18-,24-22+,25-23-,26-21-,27-6-,33-28+,34-29-/t40-,41-,42+,43+/m1/s1. The summed E-state index contributed by atoms with van der Waals surface area (Å²) in [6, 6.07) is 0. The summed E-state index contributed by atoms with van der Waals surface area (Å²) in [5.41, 5.74) is 0. The summed E-state index contributed by atoms with van der Waals surface area (Å²) < 4.78 is 26.1. The molecule has 4 atom stereocenters. The first-order valence-electron chi connectivity index (χ1n) is 20.2. The molecule has 0 spiro atoms. The molecular weight excluding hydrogens is 747 g/mol. The van der Waals surface area contributed by atoms with Gasteiger partial charge < -0.3 is 34.6 Å². The largest absolute Gasteiger partial charge is 0.469 e. The van der Waals surface area contributed by atoms with Crippen LogP contribution in [0.4, 0.5) is 0 Å². The van der Waals surface area contributed by atoms with E-state index in [2.05, 4.69) is 54.0 Å². The number of aliphatic hydroxyl groups excluding tert-OH is 3. The number of hydrogen-bond donors (Lipinski definition) is 5. The van der Waals surface area contributed by atoms with Gasteiger partial charge >= 0.3 is 19.8 Å². The Labute approximate surface area is 341 Å². The van der Waals surface area contributed by atoms with Crippen LogP contribution in [0.1, 0.15) is 110 Å². The number of esters is 2. The summed E-state index contributed by atoms with van der Waals surface area (Å²) in [7, 11) is -4.87. The molecule has 0 bridgehead atoms. The molecule has 0 aliphatic carbocycles. The van der Waals surface area contributed by atoms with Gasteiger partial charge in [-0.05, 0) is 70.6 Å². The van der Waals surface area contributed by atoms with E-state index in [1.165, 1.54) is 25.3 Å². The first-order valence-corrected chi connectivity index (χ1v) is 21.7. The number of unbranched alkanes of at least 4 members (excludes halogenated alkanes) is 3. The van der Waals surface area contributed by atoms with Crippen LogP contribution in [0.2, 0.25) is 0 Å². The minimum absolute atomic E-state index is 0.00636. The minimum Gasteiger partial charge on any atom is -0.462 e. The Hall–Kier alpha value is -3.67. The highest BCUT2D eigenvalue weighted by Crippen LogP contribution is 2.36. The maximum atomic E-state index is 12.4. The minimum atomic E-state index is -4.87. The first-order chi connectivity index (χ1) is 27.5. The lowest BCUT2D eigenvalue weighted by molar-refractivity contribution is -0.161. The molecule has 0 radical (unpaired) electrons. The van der Waals surface area contributed by atoms with Crippen LogP contribution in [-0.4, -0.2) is 74.7 Å². The van der Waals surface area contributed by atoms with E-state index in [-0.39, 0.29) is 25.7 Å². The van der Waals surface area contributed by atoms with Crippen LogP contribution in [0.5, 0.6) is 0 Å². The Kier molecular flexibility index (Phi) is 35.4. The molecule has 0 unspecified atom stereocenters. The third kappa shape index (κ3) is 39.0. The smallest absolute Gasteiger partial charge is 0.462 e. The van der Waals surface area contributed by atoms with Gasteiger partial charge in [0.25, 0.3) is 0 Å². The molecule has 320 valence electrons. The van der Waals surface area contributed by atoms with E-state index in [1.807, 2.05) is 37.3 Å². The number of ether oxygens (including phenoxy) is 2. The van der Waals surface area contributed by atoms with Gasteiger partial charge in [0.15, 0.2) is 6.10 Å². The van der Waals surface area contributed by atoms with Crippen LogP contribution in [-0.2, 0) is 28.2 Å². The monoisotopic (exact) mass is 816 g/mol. The predicted octanol–water partition coefficient (Wildman–Crippen LogP) is 9.09. The number of rotatable bonds is 34. The average Bonchev–Trinajstić information content (AvgIpc) is 3.17. The lowest BCUT2D eigenvalue weighted by Gasteiger charge is -2.18. The fourth-order valence-corrected chi connectivity index (χ4v) is 5.06. The summed E-state index contributed by atoms with van der Waals surface area (Å²) >= 11 is 0. The Bertz CT molecular complexity index is 1380. The van der Waals surface area contributed by atoms with E-state index in [9.17, 15) is 29.5 Å². The van der Waals surface area contributed by atoms with Gasteiger partial charge in [-0.25, -0.2) is 4.57 Å². The molecule has 0 rings (SSSR count). The molecule has 0 fully saturated rings. The van der Waals surface area contributed by atoms with Crippen molar-refractivity contribution in [2.24, 2.45) is 0 Å². The number of carbonyl (C=O) groups excluding carboxylic acids is 2. The second-order valence-electron chi connectivity index (χ2n) is 13.1. The number of phosphoric acid groups is 1. The summed E-state index contributed by atoms with van der Waals surface area (Å²) in [6.07, 6.45) is 44.5. The molecular formula is C45H69O11P. The molecule has 0 aromatic heterocycles. The summed E-state index contributed by atoms with van der Waals surface area (Å²) in [5, 5.41) is 30.2. The van der Waals surface area contributed by atoms with Crippen LogP contribution < -0.4 is 0 Å². The molecule has 0 saturated carbocycles. The highest BCUT2D eigenvalue weighted by Gasteiger charge is 2.23. The summed E-state index contributed by atoms with van der Waals surface area (Å²) in [5.74, 6) is -1.33. The molecule has 5 N–H and O–H groups in total. The molecule has 0 heterocycles. The van der Waals surface area contributed by atoms with Crippen LogP contribution in [0.15, 0.2) is 122 Å². The molecule has 11 nitrogen and oxygen atoms in total. The molecule has 0 aliphatic rings. The Morgan fingerprint density at radius 1 is 0.614 bits per heavy atom. The predicted molar refractivity (Wildman–Crippen MR) is 229 cm³/mol. The van der Waals surface area contributed by atoms with E-state index in [0.717, 1.165) is 32.1 Å². The van der Waals surface area contributed by atoms with Crippen molar-refractivity contribution in [3.63, 3.8) is 0 Å². The number of carbonyl (C=O) groups is 2. The number of hydrogen-bond acceptors (Lipinski definition) is 9. The van der Waals surface area contributed by atoms with Crippen LogP contribution in [0.3, 0.4) is 0 Å². The average molecular weight is 817 g/mol. The lowest BCUT2D eigenvalue weighted by Crippen LogP contribution is -2.29. The molecule has 57 heavy (non-hydrogen) atoms. The quantitative estimate of drug-likeness (QED) is 0.0137. The first kappa shape index (κ1) is 53.3. The van der Waals surface area contributed by atoms with Crippen molar-refractivity contribution >= 4 is 19.8 Å². The van der Waals surface area contributed by atoms with Gasteiger partial charge in [0.05, 0.1) is 24.9 Å². The van der Waals surface area contributed by atoms with Crippen molar-refractivity contribution in [2.75, 3.05) is 13.2 Å². The maximum absolute atomic E-state index is 12.4. The van der Waals surface area contributed by atoms with Gasteiger partial charge in [0.2, 0.25) is 0 Å². The van der Waals surface area contributed by atoms with Gasteiger partial charge in [0.1, 0.15) is 6.61 Å². The van der Waals surface area contributed by atoms with Crippen molar-refractivity contribution in [3.05, 3.63) is 122 Å². The van der Waals surface area contributed by atoms with E-state index < -0.39 is 57.4 Å². The molecule has 0 amide bonds. The van der Waals surface area contributed by atoms with Gasteiger partial charge in [0, 0.05) is 12.8 Å². The Morgan fingerprint density at radius 2 is 1.18 bits per heavy atom. The van der Waals surface area contributed by atoms with Crippen molar-refractivity contribution in [3.8, 4) is 0 Å². The lowest BCUT2D eigenvalue weighted by atomic mass is 10.1. The second kappa shape index (κ2) is 37.9. The van der Waals surface area contributed by atoms with Crippen LogP contribution in [0, 0.1) is 0 Å². The zero-order valence-electron chi connectivity index (χ0n) is 34.0.